The summed E-state index contributed by atoms with van der Waals surface area (Å²) in [7, 11) is 0. The number of nitrogens with zero attached hydrogens (tertiary/aromatic N) is 1. The summed E-state index contributed by atoms with van der Waals surface area (Å²) in [5.74, 6) is -2.80. The number of nitrogens with two attached hydrogens (primary N) is 1. The van der Waals surface area contributed by atoms with Gasteiger partial charge >= 0.3 is 0 Å². The van der Waals surface area contributed by atoms with E-state index in [0.717, 1.165) is 0 Å². The standard InChI is InChI=1S/C17H21FN4O3/c1-10(6-7-19)15(16(20)24)22-17(25)14(21-11(2)23)9-12-4-3-5-13(18)8-12/h3-5,8,10,14-15H,6,9H2,1-2H3,(H2,20,24)(H,21,23)(H,22,25)/t10-,14-,15+/m1/s1. The molecule has 1 rings (SSSR count). The molecule has 0 aliphatic carbocycles. The van der Waals surface area contributed by atoms with Crippen molar-refractivity contribution in [2.45, 2.75) is 38.8 Å². The molecule has 0 aliphatic rings. The predicted molar refractivity (Wildman–Crippen MR) is 88.2 cm³/mol. The van der Waals surface area contributed by atoms with E-state index >= 15 is 0 Å². The zero-order valence-corrected chi connectivity index (χ0v) is 14.1. The van der Waals surface area contributed by atoms with Gasteiger partial charge in [0.05, 0.1) is 6.07 Å². The smallest absolute Gasteiger partial charge is 0.243 e. The first-order valence-corrected chi connectivity index (χ1v) is 7.72. The number of carbonyl (C=O) groups excluding carboxylic acids is 3. The number of halogens is 1. The molecular weight excluding hydrogens is 327 g/mol. The van der Waals surface area contributed by atoms with E-state index < -0.39 is 41.5 Å². The average molecular weight is 348 g/mol. The number of carbonyl (C=O) groups is 3. The van der Waals surface area contributed by atoms with Gasteiger partial charge in [0.2, 0.25) is 17.7 Å². The van der Waals surface area contributed by atoms with E-state index in [4.69, 9.17) is 11.0 Å². The van der Waals surface area contributed by atoms with Gasteiger partial charge in [-0.25, -0.2) is 4.39 Å². The van der Waals surface area contributed by atoms with Crippen LogP contribution in [0.1, 0.15) is 25.8 Å². The summed E-state index contributed by atoms with van der Waals surface area (Å²) in [6.45, 7) is 2.86. The zero-order valence-electron chi connectivity index (χ0n) is 14.1. The van der Waals surface area contributed by atoms with Crippen molar-refractivity contribution in [3.05, 3.63) is 35.6 Å². The summed E-state index contributed by atoms with van der Waals surface area (Å²) in [4.78, 5) is 35.4. The third-order valence-corrected chi connectivity index (χ3v) is 3.61. The van der Waals surface area contributed by atoms with Crippen molar-refractivity contribution < 1.29 is 18.8 Å². The molecule has 7 nitrogen and oxygen atoms in total. The number of hydrogen-bond donors (Lipinski definition) is 3. The van der Waals surface area contributed by atoms with Crippen molar-refractivity contribution in [2.24, 2.45) is 11.7 Å². The Labute approximate surface area is 145 Å². The molecule has 134 valence electrons. The first-order chi connectivity index (χ1) is 11.7. The number of nitriles is 1. The van der Waals surface area contributed by atoms with Gasteiger partial charge < -0.3 is 16.4 Å². The number of benzene rings is 1. The van der Waals surface area contributed by atoms with E-state index in [1.54, 1.807) is 13.0 Å². The average Bonchev–Trinajstić information content (AvgIpc) is 2.51. The molecule has 25 heavy (non-hydrogen) atoms. The van der Waals surface area contributed by atoms with Crippen LogP contribution in [0.15, 0.2) is 24.3 Å². The van der Waals surface area contributed by atoms with Gasteiger partial charge in [0.1, 0.15) is 17.9 Å². The lowest BCUT2D eigenvalue weighted by molar-refractivity contribution is -0.131. The maximum Gasteiger partial charge on any atom is 0.243 e. The van der Waals surface area contributed by atoms with Crippen LogP contribution in [0.25, 0.3) is 0 Å². The van der Waals surface area contributed by atoms with Crippen LogP contribution in [-0.2, 0) is 20.8 Å². The highest BCUT2D eigenvalue weighted by molar-refractivity contribution is 5.91. The van der Waals surface area contributed by atoms with Crippen molar-refractivity contribution in [1.29, 1.82) is 5.26 Å². The summed E-state index contributed by atoms with van der Waals surface area (Å²) < 4.78 is 13.3. The molecule has 3 amide bonds. The molecule has 0 fully saturated rings. The topological polar surface area (TPSA) is 125 Å². The molecule has 1 aromatic rings. The van der Waals surface area contributed by atoms with Crippen molar-refractivity contribution in [3.8, 4) is 6.07 Å². The summed E-state index contributed by atoms with van der Waals surface area (Å²) in [5, 5.41) is 13.7. The molecule has 0 unspecified atom stereocenters. The first-order valence-electron chi connectivity index (χ1n) is 7.72. The van der Waals surface area contributed by atoms with Gasteiger partial charge in [-0.3, -0.25) is 14.4 Å². The van der Waals surface area contributed by atoms with Crippen LogP contribution in [0.4, 0.5) is 4.39 Å². The molecule has 8 heteroatoms. The molecule has 1 aromatic carbocycles. The Morgan fingerprint density at radius 3 is 2.52 bits per heavy atom. The van der Waals surface area contributed by atoms with Crippen LogP contribution in [0.3, 0.4) is 0 Å². The second-order valence-corrected chi connectivity index (χ2v) is 5.82. The Bertz CT molecular complexity index is 687. The minimum atomic E-state index is -1.05. The van der Waals surface area contributed by atoms with Crippen molar-refractivity contribution in [3.63, 3.8) is 0 Å². The largest absolute Gasteiger partial charge is 0.368 e. The minimum absolute atomic E-state index is 0.0303. The van der Waals surface area contributed by atoms with Crippen LogP contribution in [-0.4, -0.2) is 29.8 Å². The highest BCUT2D eigenvalue weighted by Crippen LogP contribution is 2.10. The predicted octanol–water partition coefficient (Wildman–Crippen LogP) is 0.393. The van der Waals surface area contributed by atoms with Gasteiger partial charge in [-0.1, -0.05) is 19.1 Å². The Hall–Kier alpha value is -2.95. The number of nitrogens with one attached hydrogen (secondary N) is 2. The fourth-order valence-corrected chi connectivity index (χ4v) is 2.36. The summed E-state index contributed by atoms with van der Waals surface area (Å²) in [6.07, 6.45) is 0.0733. The maximum atomic E-state index is 13.3. The molecule has 3 atom stereocenters. The Kier molecular flexibility index (Phi) is 7.53. The van der Waals surface area contributed by atoms with Crippen LogP contribution < -0.4 is 16.4 Å². The van der Waals surface area contributed by atoms with E-state index in [2.05, 4.69) is 10.6 Å². The van der Waals surface area contributed by atoms with Crippen LogP contribution in [0.2, 0.25) is 0 Å². The monoisotopic (exact) mass is 348 g/mol. The lowest BCUT2D eigenvalue weighted by atomic mass is 9.97. The molecule has 0 heterocycles. The normalized spacial score (nSPS) is 13.8. The van der Waals surface area contributed by atoms with Gasteiger partial charge in [-0.05, 0) is 23.6 Å². The molecule has 0 spiro atoms. The van der Waals surface area contributed by atoms with E-state index in [0.29, 0.717) is 5.56 Å². The minimum Gasteiger partial charge on any atom is -0.368 e. The molecule has 0 aliphatic heterocycles. The van der Waals surface area contributed by atoms with Crippen LogP contribution in [0, 0.1) is 23.1 Å². The number of hydrogen-bond acceptors (Lipinski definition) is 4. The molecule has 4 N–H and O–H groups in total. The molecule has 0 aromatic heterocycles. The molecule has 0 saturated carbocycles. The van der Waals surface area contributed by atoms with Crippen molar-refractivity contribution in [1.82, 2.24) is 10.6 Å². The van der Waals surface area contributed by atoms with E-state index in [1.165, 1.54) is 25.1 Å². The fraction of sp³-hybridized carbons (Fsp3) is 0.412. The van der Waals surface area contributed by atoms with Gasteiger partial charge in [-0.15, -0.1) is 0 Å². The zero-order chi connectivity index (χ0) is 19.0. The van der Waals surface area contributed by atoms with Gasteiger partial charge in [0, 0.05) is 19.8 Å². The van der Waals surface area contributed by atoms with Crippen LogP contribution in [0.5, 0.6) is 0 Å². The van der Waals surface area contributed by atoms with Gasteiger partial charge in [0.15, 0.2) is 0 Å². The quantitative estimate of drug-likeness (QED) is 0.628. The van der Waals surface area contributed by atoms with Crippen LogP contribution >= 0.6 is 0 Å². The van der Waals surface area contributed by atoms with E-state index in [1.807, 2.05) is 6.07 Å². The summed E-state index contributed by atoms with van der Waals surface area (Å²) >= 11 is 0. The SMILES string of the molecule is CC(=O)N[C@H](Cc1cccc(F)c1)C(=O)N[C@H](C(N)=O)[C@H](C)CC#N. The number of rotatable bonds is 8. The molecule has 0 radical (unpaired) electrons. The first kappa shape index (κ1) is 20.1. The van der Waals surface area contributed by atoms with Crippen molar-refractivity contribution in [2.75, 3.05) is 0 Å². The number of amides is 3. The fourth-order valence-electron chi connectivity index (χ4n) is 2.36. The Morgan fingerprint density at radius 1 is 1.32 bits per heavy atom. The third-order valence-electron chi connectivity index (χ3n) is 3.61. The summed E-state index contributed by atoms with van der Waals surface area (Å²) in [6, 6.07) is 5.50. The highest BCUT2D eigenvalue weighted by Gasteiger charge is 2.28. The van der Waals surface area contributed by atoms with Gasteiger partial charge in [-0.2, -0.15) is 5.26 Å². The van der Waals surface area contributed by atoms with E-state index in [9.17, 15) is 18.8 Å². The lowest BCUT2D eigenvalue weighted by Gasteiger charge is -2.24. The molecule has 0 bridgehead atoms. The third kappa shape index (κ3) is 6.59. The summed E-state index contributed by atoms with van der Waals surface area (Å²) in [5.41, 5.74) is 5.80. The molecular formula is C17H21FN4O3. The van der Waals surface area contributed by atoms with Crippen molar-refractivity contribution >= 4 is 17.7 Å². The molecule has 0 saturated heterocycles. The second-order valence-electron chi connectivity index (χ2n) is 5.82. The lowest BCUT2D eigenvalue weighted by Crippen LogP contribution is -2.55. The maximum absolute atomic E-state index is 13.3. The number of primary amides is 1. The van der Waals surface area contributed by atoms with Gasteiger partial charge in [0.25, 0.3) is 0 Å². The van der Waals surface area contributed by atoms with E-state index in [-0.39, 0.29) is 12.8 Å². The Balaban J connectivity index is 2.93. The Morgan fingerprint density at radius 2 is 2.00 bits per heavy atom. The second kappa shape index (κ2) is 9.37. The highest BCUT2D eigenvalue weighted by atomic mass is 19.1.